The third-order valence-electron chi connectivity index (χ3n) is 5.06. The van der Waals surface area contributed by atoms with Gasteiger partial charge in [0.1, 0.15) is 11.2 Å². The first-order valence-electron chi connectivity index (χ1n) is 10.1. The number of guanidine groups is 1. The molecule has 2 N–H and O–H groups in total. The highest BCUT2D eigenvalue weighted by molar-refractivity contribution is 7.97. The van der Waals surface area contributed by atoms with Gasteiger partial charge in [0.2, 0.25) is 11.8 Å². The largest absolute Gasteiger partial charge is 0.468 e. The fraction of sp³-hybridized carbons (Fsp3) is 0.273. The maximum absolute atomic E-state index is 14.8. The summed E-state index contributed by atoms with van der Waals surface area (Å²) >= 11 is 1.32. The van der Waals surface area contributed by atoms with Gasteiger partial charge in [-0.1, -0.05) is 5.16 Å². The van der Waals surface area contributed by atoms with Gasteiger partial charge in [-0.15, -0.1) is 0 Å². The molecule has 1 aliphatic heterocycles. The van der Waals surface area contributed by atoms with E-state index >= 15 is 0 Å². The molecular weight excluding hydrogens is 469 g/mol. The van der Waals surface area contributed by atoms with E-state index in [1.807, 2.05) is 0 Å². The molecule has 0 spiro atoms. The van der Waals surface area contributed by atoms with Gasteiger partial charge in [-0.2, -0.15) is 0 Å². The number of aryl methyl sites for hydroxylation is 1. The highest BCUT2D eigenvalue weighted by Crippen LogP contribution is 2.37. The van der Waals surface area contributed by atoms with E-state index < -0.39 is 23.0 Å². The Labute approximate surface area is 197 Å². The first-order chi connectivity index (χ1) is 16.1. The molecule has 0 amide bonds. The van der Waals surface area contributed by atoms with Crippen molar-refractivity contribution in [1.29, 1.82) is 0 Å². The molecule has 178 valence electrons. The number of nitrogens with two attached hydrogens (primary N) is 1. The maximum Gasteiger partial charge on any atom is 0.232 e. The molecule has 0 fully saturated rings. The summed E-state index contributed by atoms with van der Waals surface area (Å²) in [6.45, 7) is 3.51. The summed E-state index contributed by atoms with van der Waals surface area (Å²) in [5.41, 5.74) is 5.46. The molecule has 1 aliphatic rings. The fourth-order valence-corrected chi connectivity index (χ4v) is 4.07. The van der Waals surface area contributed by atoms with E-state index in [0.29, 0.717) is 17.2 Å². The van der Waals surface area contributed by atoms with Crippen LogP contribution < -0.4 is 10.5 Å². The molecule has 0 saturated carbocycles. The molecule has 34 heavy (non-hydrogen) atoms. The van der Waals surface area contributed by atoms with Gasteiger partial charge in [-0.3, -0.25) is 4.31 Å². The molecule has 0 bridgehead atoms. The van der Waals surface area contributed by atoms with Crippen molar-refractivity contribution >= 4 is 29.8 Å². The van der Waals surface area contributed by atoms with E-state index in [1.165, 1.54) is 30.4 Å². The molecule has 0 unspecified atom stereocenters. The minimum atomic E-state index is -1.12. The lowest BCUT2D eigenvalue weighted by Gasteiger charge is -2.34. The second kappa shape index (κ2) is 9.37. The molecule has 3 aromatic rings. The van der Waals surface area contributed by atoms with Crippen molar-refractivity contribution in [2.45, 2.75) is 26.0 Å². The van der Waals surface area contributed by atoms with Gasteiger partial charge >= 0.3 is 0 Å². The summed E-state index contributed by atoms with van der Waals surface area (Å²) in [6.07, 6.45) is 3.47. The predicted octanol–water partition coefficient (Wildman–Crippen LogP) is 4.22. The molecule has 12 heteroatoms. The molecule has 1 atom stereocenters. The van der Waals surface area contributed by atoms with Crippen LogP contribution >= 0.6 is 11.9 Å². The Balaban J connectivity index is 1.55. The van der Waals surface area contributed by atoms with E-state index in [2.05, 4.69) is 20.1 Å². The quantitative estimate of drug-likeness (QED) is 0.513. The zero-order valence-corrected chi connectivity index (χ0v) is 19.4. The standard InChI is InChI=1S/C22H21F3N6O2S/c1-12-4-14(33-30-12)10-32-19-9-27-18(8-28-19)16(23)6-13-5-15(20(25)17(24)7-13)22(2)11-34-31(3)21(26)29-22/h4-9H,10-11H2,1-3H3,(H2,26,29)/b16-6-/t22-/m0/s1. The van der Waals surface area contributed by atoms with Crippen LogP contribution in [-0.2, 0) is 12.1 Å². The van der Waals surface area contributed by atoms with Gasteiger partial charge < -0.3 is 15.0 Å². The number of aromatic nitrogens is 3. The number of rotatable bonds is 6. The van der Waals surface area contributed by atoms with Crippen LogP contribution in [0.5, 0.6) is 5.88 Å². The van der Waals surface area contributed by atoms with Crippen LogP contribution in [0.2, 0.25) is 0 Å². The number of ether oxygens (including phenoxy) is 1. The van der Waals surface area contributed by atoms with Crippen LogP contribution in [0.15, 0.2) is 40.1 Å². The van der Waals surface area contributed by atoms with Crippen LogP contribution in [0, 0.1) is 18.6 Å². The SMILES string of the molecule is Cc1cc(COc2cnc(/C(F)=C/c3cc(F)c(F)c([C@]4(C)CSN(C)C(N)=N4)c3)cn2)on1. The van der Waals surface area contributed by atoms with E-state index in [-0.39, 0.29) is 35.3 Å². The Morgan fingerprint density at radius 1 is 1.29 bits per heavy atom. The average Bonchev–Trinajstić information content (AvgIpc) is 3.23. The number of hydrogen-bond donors (Lipinski definition) is 1. The molecule has 0 aliphatic carbocycles. The zero-order chi connectivity index (χ0) is 24.5. The normalized spacial score (nSPS) is 18.7. The first-order valence-corrected chi connectivity index (χ1v) is 11.0. The van der Waals surface area contributed by atoms with E-state index in [9.17, 15) is 13.2 Å². The molecule has 8 nitrogen and oxygen atoms in total. The van der Waals surface area contributed by atoms with Crippen molar-refractivity contribution in [2.75, 3.05) is 12.8 Å². The topological polar surface area (TPSA) is 103 Å². The van der Waals surface area contributed by atoms with Crippen LogP contribution in [-0.4, -0.2) is 38.2 Å². The van der Waals surface area contributed by atoms with E-state index in [0.717, 1.165) is 12.1 Å². The summed E-state index contributed by atoms with van der Waals surface area (Å²) in [7, 11) is 1.72. The lowest BCUT2D eigenvalue weighted by molar-refractivity contribution is 0.240. The van der Waals surface area contributed by atoms with Crippen LogP contribution in [0.25, 0.3) is 11.9 Å². The summed E-state index contributed by atoms with van der Waals surface area (Å²) in [6, 6.07) is 3.97. The Morgan fingerprint density at radius 3 is 2.74 bits per heavy atom. The smallest absolute Gasteiger partial charge is 0.232 e. The third-order valence-corrected chi connectivity index (χ3v) is 6.32. The lowest BCUT2D eigenvalue weighted by atomic mass is 9.92. The molecule has 4 rings (SSSR count). The molecule has 2 aromatic heterocycles. The van der Waals surface area contributed by atoms with Crippen molar-refractivity contribution in [3.05, 3.63) is 70.5 Å². The number of nitrogens with zero attached hydrogens (tertiary/aromatic N) is 5. The fourth-order valence-electron chi connectivity index (χ4n) is 3.23. The molecule has 0 saturated heterocycles. The van der Waals surface area contributed by atoms with Gasteiger partial charge in [0.05, 0.1) is 18.1 Å². The molecule has 0 radical (unpaired) electrons. The highest BCUT2D eigenvalue weighted by Gasteiger charge is 2.35. The van der Waals surface area contributed by atoms with Crippen molar-refractivity contribution in [3.63, 3.8) is 0 Å². The summed E-state index contributed by atoms with van der Waals surface area (Å²) < 4.78 is 56.0. The minimum Gasteiger partial charge on any atom is -0.468 e. The number of hydrogen-bond acceptors (Lipinski definition) is 9. The van der Waals surface area contributed by atoms with Gasteiger partial charge in [0.15, 0.2) is 29.8 Å². The van der Waals surface area contributed by atoms with E-state index in [1.54, 1.807) is 31.3 Å². The van der Waals surface area contributed by atoms with Crippen molar-refractivity contribution in [3.8, 4) is 5.88 Å². The Morgan fingerprint density at radius 2 is 2.09 bits per heavy atom. The Bertz CT molecular complexity index is 1260. The maximum atomic E-state index is 14.8. The van der Waals surface area contributed by atoms with Crippen molar-refractivity contribution in [1.82, 2.24) is 19.4 Å². The first kappa shape index (κ1) is 23.6. The van der Waals surface area contributed by atoms with Gasteiger partial charge in [0.25, 0.3) is 0 Å². The average molecular weight is 491 g/mol. The second-order valence-corrected chi connectivity index (χ2v) is 8.93. The monoisotopic (exact) mass is 490 g/mol. The Kier molecular flexibility index (Phi) is 6.51. The number of aliphatic imine (C=N–C) groups is 1. The van der Waals surface area contributed by atoms with Crippen molar-refractivity contribution in [2.24, 2.45) is 10.7 Å². The van der Waals surface area contributed by atoms with Gasteiger partial charge in [-0.05, 0) is 49.6 Å². The van der Waals surface area contributed by atoms with Crippen LogP contribution in [0.3, 0.4) is 0 Å². The summed E-state index contributed by atoms with van der Waals surface area (Å²) in [5, 5.41) is 3.75. The molecule has 3 heterocycles. The zero-order valence-electron chi connectivity index (χ0n) is 18.6. The predicted molar refractivity (Wildman–Crippen MR) is 122 cm³/mol. The van der Waals surface area contributed by atoms with Gasteiger partial charge in [0, 0.05) is 24.4 Å². The van der Waals surface area contributed by atoms with Crippen LogP contribution in [0.1, 0.15) is 35.2 Å². The second-order valence-electron chi connectivity index (χ2n) is 7.83. The van der Waals surface area contributed by atoms with E-state index in [4.69, 9.17) is 15.0 Å². The number of benzene rings is 1. The third kappa shape index (κ3) is 5.01. The molecular formula is C22H21F3N6O2S. The minimum absolute atomic E-state index is 0.0208. The lowest BCUT2D eigenvalue weighted by Crippen LogP contribution is -2.40. The summed E-state index contributed by atoms with van der Waals surface area (Å²) in [4.78, 5) is 12.3. The molecule has 1 aromatic carbocycles. The Hall–Kier alpha value is -3.54. The summed E-state index contributed by atoms with van der Waals surface area (Å²) in [5.74, 6) is -1.78. The van der Waals surface area contributed by atoms with Crippen LogP contribution in [0.4, 0.5) is 13.2 Å². The highest BCUT2D eigenvalue weighted by atomic mass is 32.2. The van der Waals surface area contributed by atoms with Crippen molar-refractivity contribution < 1.29 is 22.4 Å². The van der Waals surface area contributed by atoms with Gasteiger partial charge in [-0.25, -0.2) is 28.1 Å². The number of halogens is 3.